The highest BCUT2D eigenvalue weighted by Gasteiger charge is 2.20. The Balaban J connectivity index is 2.25. The third kappa shape index (κ3) is 6.49. The predicted octanol–water partition coefficient (Wildman–Crippen LogP) is 6.46. The molecule has 0 bridgehead atoms. The normalized spacial score (nSPS) is 14.4. The van der Waals surface area contributed by atoms with Gasteiger partial charge in [0, 0.05) is 18.5 Å². The standard InChI is InChI=1S/C26H37N3/c1-7-14-26(27-25(8-2)21(5)23-16-11-10-12-17-23)29(9-3)28-22(6)24-18-13-15-20(4)19-24/h10-19,21,25,27H,7-9H2,1-6H3/b26-14-,28-22+. The molecule has 0 aliphatic carbocycles. The largest absolute Gasteiger partial charge is 0.367 e. The van der Waals surface area contributed by atoms with Gasteiger partial charge < -0.3 is 5.32 Å². The van der Waals surface area contributed by atoms with Gasteiger partial charge >= 0.3 is 0 Å². The second kappa shape index (κ2) is 11.5. The zero-order valence-corrected chi connectivity index (χ0v) is 18.9. The Labute approximate surface area is 177 Å². The summed E-state index contributed by atoms with van der Waals surface area (Å²) in [5.74, 6) is 1.51. The molecule has 29 heavy (non-hydrogen) atoms. The van der Waals surface area contributed by atoms with Crippen molar-refractivity contribution in [1.82, 2.24) is 10.3 Å². The third-order valence-corrected chi connectivity index (χ3v) is 5.38. The van der Waals surface area contributed by atoms with Gasteiger partial charge in [-0.2, -0.15) is 5.10 Å². The van der Waals surface area contributed by atoms with E-state index in [4.69, 9.17) is 5.10 Å². The summed E-state index contributed by atoms with van der Waals surface area (Å²) in [5, 5.41) is 10.9. The van der Waals surface area contributed by atoms with Crippen LogP contribution < -0.4 is 5.32 Å². The summed E-state index contributed by atoms with van der Waals surface area (Å²) in [5.41, 5.74) is 4.82. The molecule has 0 spiro atoms. The van der Waals surface area contributed by atoms with Crippen LogP contribution in [0.1, 0.15) is 70.1 Å². The first kappa shape index (κ1) is 22.7. The Bertz CT molecular complexity index is 808. The lowest BCUT2D eigenvalue weighted by Crippen LogP contribution is -2.38. The minimum atomic E-state index is 0.346. The van der Waals surface area contributed by atoms with Crippen LogP contribution in [-0.4, -0.2) is 23.3 Å². The van der Waals surface area contributed by atoms with E-state index in [2.05, 4.69) is 113 Å². The quantitative estimate of drug-likeness (QED) is 0.371. The van der Waals surface area contributed by atoms with E-state index in [-0.39, 0.29) is 0 Å². The number of nitrogens with zero attached hydrogens (tertiary/aromatic N) is 2. The lowest BCUT2D eigenvalue weighted by molar-refractivity contribution is 0.321. The molecule has 2 rings (SSSR count). The van der Waals surface area contributed by atoms with Gasteiger partial charge in [0.25, 0.3) is 0 Å². The van der Waals surface area contributed by atoms with Gasteiger partial charge in [-0.1, -0.05) is 80.9 Å². The fourth-order valence-corrected chi connectivity index (χ4v) is 3.60. The van der Waals surface area contributed by atoms with E-state index in [0.29, 0.717) is 12.0 Å². The Kier molecular flexibility index (Phi) is 8.98. The van der Waals surface area contributed by atoms with Crippen molar-refractivity contribution >= 4 is 5.71 Å². The first-order valence-corrected chi connectivity index (χ1v) is 10.9. The van der Waals surface area contributed by atoms with Crippen molar-refractivity contribution in [2.45, 2.75) is 66.3 Å². The topological polar surface area (TPSA) is 27.6 Å². The molecule has 2 aromatic rings. The number of allylic oxidation sites excluding steroid dienone is 1. The Morgan fingerprint density at radius 1 is 1.07 bits per heavy atom. The maximum absolute atomic E-state index is 4.96. The predicted molar refractivity (Wildman–Crippen MR) is 126 cm³/mol. The van der Waals surface area contributed by atoms with Gasteiger partial charge in [-0.15, -0.1) is 0 Å². The summed E-state index contributed by atoms with van der Waals surface area (Å²) < 4.78 is 0. The van der Waals surface area contributed by atoms with Crippen LogP contribution in [0.25, 0.3) is 0 Å². The maximum Gasteiger partial charge on any atom is 0.118 e. The lowest BCUT2D eigenvalue weighted by Gasteiger charge is -2.31. The van der Waals surface area contributed by atoms with Gasteiger partial charge in [0.15, 0.2) is 0 Å². The number of benzene rings is 2. The molecular weight excluding hydrogens is 354 g/mol. The molecule has 0 fully saturated rings. The fraction of sp³-hybridized carbons (Fsp3) is 0.423. The molecule has 0 amide bonds. The van der Waals surface area contributed by atoms with Gasteiger partial charge in [0.05, 0.1) is 5.71 Å². The van der Waals surface area contributed by atoms with Crippen LogP contribution in [0, 0.1) is 6.92 Å². The highest BCUT2D eigenvalue weighted by Crippen LogP contribution is 2.22. The molecule has 2 aromatic carbocycles. The second-order valence-corrected chi connectivity index (χ2v) is 7.63. The molecule has 0 radical (unpaired) electrons. The van der Waals surface area contributed by atoms with Crippen molar-refractivity contribution in [3.05, 3.63) is 83.2 Å². The van der Waals surface area contributed by atoms with Crippen LogP contribution in [0.5, 0.6) is 0 Å². The minimum absolute atomic E-state index is 0.346. The van der Waals surface area contributed by atoms with E-state index in [9.17, 15) is 0 Å². The van der Waals surface area contributed by atoms with Crippen LogP contribution in [0.3, 0.4) is 0 Å². The second-order valence-electron chi connectivity index (χ2n) is 7.63. The lowest BCUT2D eigenvalue weighted by atomic mass is 9.91. The minimum Gasteiger partial charge on any atom is -0.367 e. The summed E-state index contributed by atoms with van der Waals surface area (Å²) >= 11 is 0. The molecule has 3 heteroatoms. The van der Waals surface area contributed by atoms with Gasteiger partial charge in [-0.25, -0.2) is 0 Å². The van der Waals surface area contributed by atoms with Crippen molar-refractivity contribution in [2.24, 2.45) is 5.10 Å². The van der Waals surface area contributed by atoms with Gasteiger partial charge in [-0.3, -0.25) is 5.01 Å². The first-order chi connectivity index (χ1) is 14.0. The van der Waals surface area contributed by atoms with Crippen molar-refractivity contribution in [3.8, 4) is 0 Å². The fourth-order valence-electron chi connectivity index (χ4n) is 3.60. The summed E-state index contributed by atoms with van der Waals surface area (Å²) in [6.07, 6.45) is 4.26. The molecule has 1 N–H and O–H groups in total. The van der Waals surface area contributed by atoms with Gasteiger partial charge in [0.1, 0.15) is 5.82 Å². The molecule has 0 heterocycles. The molecule has 3 nitrogen and oxygen atoms in total. The van der Waals surface area contributed by atoms with Crippen molar-refractivity contribution in [1.29, 1.82) is 0 Å². The van der Waals surface area contributed by atoms with E-state index in [0.717, 1.165) is 30.9 Å². The smallest absolute Gasteiger partial charge is 0.118 e. The molecule has 156 valence electrons. The van der Waals surface area contributed by atoms with Crippen molar-refractivity contribution in [3.63, 3.8) is 0 Å². The van der Waals surface area contributed by atoms with E-state index >= 15 is 0 Å². The molecule has 0 saturated carbocycles. The van der Waals surface area contributed by atoms with Gasteiger partial charge in [0.2, 0.25) is 0 Å². The molecule has 2 atom stereocenters. The summed E-state index contributed by atoms with van der Waals surface area (Å²) in [6.45, 7) is 13.9. The zero-order chi connectivity index (χ0) is 21.2. The van der Waals surface area contributed by atoms with Crippen LogP contribution in [0.2, 0.25) is 0 Å². The Morgan fingerprint density at radius 3 is 2.38 bits per heavy atom. The van der Waals surface area contributed by atoms with Crippen molar-refractivity contribution < 1.29 is 0 Å². The molecule has 0 aliphatic rings. The van der Waals surface area contributed by atoms with Crippen LogP contribution >= 0.6 is 0 Å². The highest BCUT2D eigenvalue weighted by atomic mass is 15.5. The summed E-state index contributed by atoms with van der Waals surface area (Å²) in [4.78, 5) is 0. The highest BCUT2D eigenvalue weighted by molar-refractivity contribution is 5.98. The SMILES string of the molecule is CC/C=C(/NC(CC)C(C)c1ccccc1)N(CC)/N=C(\C)c1cccc(C)c1. The van der Waals surface area contributed by atoms with E-state index in [1.54, 1.807) is 0 Å². The number of hydrogen-bond donors (Lipinski definition) is 1. The van der Waals surface area contributed by atoms with Crippen LogP contribution in [0.4, 0.5) is 0 Å². The number of hydrazone groups is 1. The van der Waals surface area contributed by atoms with Crippen molar-refractivity contribution in [2.75, 3.05) is 6.54 Å². The average Bonchev–Trinajstić information content (AvgIpc) is 2.75. The van der Waals surface area contributed by atoms with Gasteiger partial charge in [-0.05, 0) is 50.8 Å². The number of aryl methyl sites for hydroxylation is 1. The Morgan fingerprint density at radius 2 is 1.79 bits per heavy atom. The van der Waals surface area contributed by atoms with E-state index in [1.807, 2.05) is 0 Å². The van der Waals surface area contributed by atoms with E-state index in [1.165, 1.54) is 16.7 Å². The molecule has 0 aromatic heterocycles. The Hall–Kier alpha value is -2.55. The van der Waals surface area contributed by atoms with Crippen LogP contribution in [0.15, 0.2) is 71.6 Å². The van der Waals surface area contributed by atoms with Crippen LogP contribution in [-0.2, 0) is 0 Å². The number of hydrogen-bond acceptors (Lipinski definition) is 3. The zero-order valence-electron chi connectivity index (χ0n) is 18.9. The third-order valence-electron chi connectivity index (χ3n) is 5.38. The molecule has 2 unspecified atom stereocenters. The summed E-state index contributed by atoms with van der Waals surface area (Å²) in [7, 11) is 0. The average molecular weight is 392 g/mol. The number of nitrogens with one attached hydrogen (secondary N) is 1. The summed E-state index contributed by atoms with van der Waals surface area (Å²) in [6, 6.07) is 19.6. The monoisotopic (exact) mass is 391 g/mol. The maximum atomic E-state index is 4.96. The molecule has 0 aliphatic heterocycles. The number of rotatable bonds is 10. The first-order valence-electron chi connectivity index (χ1n) is 10.9. The molecular formula is C26H37N3. The molecule has 0 saturated heterocycles. The van der Waals surface area contributed by atoms with E-state index < -0.39 is 0 Å².